The molecule has 1 atom stereocenters. The summed E-state index contributed by atoms with van der Waals surface area (Å²) in [6.07, 6.45) is 9.29. The van der Waals surface area contributed by atoms with Crippen molar-refractivity contribution in [2.75, 3.05) is 31.8 Å². The molecule has 0 amide bonds. The third-order valence-electron chi connectivity index (χ3n) is 5.97. The molecule has 234 valence electrons. The Morgan fingerprint density at radius 3 is 1.90 bits per heavy atom. The minimum atomic E-state index is -10.7. The molecular weight excluding hydrogens is 571 g/mol. The third kappa shape index (κ3) is 18.2. The molecule has 0 aliphatic heterocycles. The Morgan fingerprint density at radius 1 is 0.805 bits per heavy atom. The summed E-state index contributed by atoms with van der Waals surface area (Å²) in [4.78, 5) is 5.79. The average molecular weight is 614 g/mol. The van der Waals surface area contributed by atoms with Crippen LogP contribution in [0, 0.1) is 5.39 Å². The van der Waals surface area contributed by atoms with Crippen molar-refractivity contribution < 1.29 is 39.4 Å². The van der Waals surface area contributed by atoms with E-state index in [0.717, 1.165) is 43.0 Å². The Bertz CT molecular complexity index is 1070. The van der Waals surface area contributed by atoms with E-state index in [-0.39, 0.29) is 6.04 Å². The van der Waals surface area contributed by atoms with Crippen LogP contribution < -0.4 is 19.1 Å². The monoisotopic (exact) mass is 613 g/mol. The van der Waals surface area contributed by atoms with Gasteiger partial charge in [-0.3, -0.25) is 0 Å². The molecule has 0 radical (unpaired) electrons. The Labute approximate surface area is 238 Å². The van der Waals surface area contributed by atoms with Crippen LogP contribution in [0.3, 0.4) is 0 Å². The van der Waals surface area contributed by atoms with E-state index in [0.29, 0.717) is 24.7 Å². The summed E-state index contributed by atoms with van der Waals surface area (Å²) in [5, 5.41) is 9.45. The average Bonchev–Trinajstić information content (AvgIpc) is 2.90. The van der Waals surface area contributed by atoms with Crippen molar-refractivity contribution in [3.63, 3.8) is 0 Å². The number of diazo groups is 1. The predicted octanol–water partition coefficient (Wildman–Crippen LogP) is 11.4. The van der Waals surface area contributed by atoms with Crippen molar-refractivity contribution in [3.05, 3.63) is 47.4 Å². The van der Waals surface area contributed by atoms with Crippen LogP contribution in [0.5, 0.6) is 17.2 Å². The van der Waals surface area contributed by atoms with Crippen LogP contribution in [0.15, 0.2) is 42.5 Å². The standard InChI is InChI=1S/C28H42N3O3.F6P/c1-5-7-9-11-19-31(23(3)22-34-26-16-14-25(32-4)15-17-26)24-13-18-27(30-29)28(21-24)33-20-12-10-8-6-2;1-7(2,3,4,5)6/h13-18,21,23H,5-12,19-20,22H2,1-4H3;/q+1;-1. The Balaban J connectivity index is 0.00000106. The topological polar surface area (TPSA) is 59.1 Å². The van der Waals surface area contributed by atoms with Crippen LogP contribution in [0.2, 0.25) is 0 Å². The molecule has 0 N–H and O–H groups in total. The summed E-state index contributed by atoms with van der Waals surface area (Å²) >= 11 is 0. The summed E-state index contributed by atoms with van der Waals surface area (Å²) in [5.74, 6) is 2.26. The molecule has 13 heteroatoms. The van der Waals surface area contributed by atoms with Gasteiger partial charge in [-0.15, -0.1) is 0 Å². The molecule has 0 saturated carbocycles. The van der Waals surface area contributed by atoms with Crippen molar-refractivity contribution in [2.45, 2.75) is 78.2 Å². The number of hydrogen-bond acceptors (Lipinski definition) is 5. The van der Waals surface area contributed by atoms with Crippen LogP contribution in [0.25, 0.3) is 4.98 Å². The molecule has 1 unspecified atom stereocenters. The Morgan fingerprint density at radius 2 is 1.37 bits per heavy atom. The van der Waals surface area contributed by atoms with E-state index >= 15 is 0 Å². The van der Waals surface area contributed by atoms with Crippen LogP contribution >= 0.6 is 7.81 Å². The van der Waals surface area contributed by atoms with Crippen LogP contribution in [0.4, 0.5) is 36.6 Å². The maximum absolute atomic E-state index is 10.7. The Hall–Kier alpha value is -2.93. The second-order valence-electron chi connectivity index (χ2n) is 9.71. The van der Waals surface area contributed by atoms with Crippen molar-refractivity contribution in [2.24, 2.45) is 0 Å². The number of anilines is 1. The second kappa shape index (κ2) is 15.9. The number of rotatable bonds is 17. The molecule has 0 fully saturated rings. The molecular formula is C28H42F6N3O3P. The molecule has 41 heavy (non-hydrogen) atoms. The summed E-state index contributed by atoms with van der Waals surface area (Å²) in [6.45, 7) is 8.71. The first-order valence-corrected chi connectivity index (χ1v) is 15.8. The van der Waals surface area contributed by atoms with E-state index < -0.39 is 7.81 Å². The van der Waals surface area contributed by atoms with Gasteiger partial charge in [0.1, 0.15) is 18.1 Å². The number of unbranched alkanes of at least 4 members (excludes halogenated alkanes) is 6. The van der Waals surface area contributed by atoms with Crippen molar-refractivity contribution in [1.29, 1.82) is 5.39 Å². The van der Waals surface area contributed by atoms with Gasteiger partial charge in [0.15, 0.2) is 4.98 Å². The van der Waals surface area contributed by atoms with Gasteiger partial charge < -0.3 is 19.1 Å². The van der Waals surface area contributed by atoms with Gasteiger partial charge in [0.05, 0.1) is 19.8 Å². The van der Waals surface area contributed by atoms with E-state index in [1.807, 2.05) is 42.5 Å². The second-order valence-corrected chi connectivity index (χ2v) is 11.6. The van der Waals surface area contributed by atoms with Gasteiger partial charge in [0, 0.05) is 24.4 Å². The number of nitrogens with zero attached hydrogens (tertiary/aromatic N) is 3. The zero-order valence-electron chi connectivity index (χ0n) is 24.2. The van der Waals surface area contributed by atoms with Gasteiger partial charge in [-0.1, -0.05) is 52.4 Å². The molecule has 6 nitrogen and oxygen atoms in total. The van der Waals surface area contributed by atoms with E-state index in [4.69, 9.17) is 14.2 Å². The predicted molar refractivity (Wildman–Crippen MR) is 154 cm³/mol. The van der Waals surface area contributed by atoms with Crippen LogP contribution in [-0.2, 0) is 0 Å². The number of hydrogen-bond donors (Lipinski definition) is 0. The summed E-state index contributed by atoms with van der Waals surface area (Å²) < 4.78 is 76.5. The summed E-state index contributed by atoms with van der Waals surface area (Å²) in [6, 6.07) is 13.7. The van der Waals surface area contributed by atoms with E-state index in [9.17, 15) is 30.6 Å². The van der Waals surface area contributed by atoms with Crippen molar-refractivity contribution in [3.8, 4) is 17.2 Å². The fraction of sp³-hybridized carbons (Fsp3) is 0.571. The number of ether oxygens (including phenoxy) is 3. The van der Waals surface area contributed by atoms with Gasteiger partial charge in [-0.2, -0.15) is 0 Å². The maximum atomic E-state index is 9.87. The first-order chi connectivity index (χ1) is 19.1. The molecule has 2 aromatic carbocycles. The first-order valence-electron chi connectivity index (χ1n) is 13.8. The summed E-state index contributed by atoms with van der Waals surface area (Å²) in [5.41, 5.74) is 1.52. The Kier molecular flexibility index (Phi) is 14.0. The molecule has 2 rings (SSSR count). The van der Waals surface area contributed by atoms with Gasteiger partial charge >= 0.3 is 38.7 Å². The van der Waals surface area contributed by atoms with Gasteiger partial charge in [-0.05, 0) is 50.1 Å². The molecule has 0 aromatic heterocycles. The molecule has 0 bridgehead atoms. The number of halogens is 6. The fourth-order valence-electron chi connectivity index (χ4n) is 3.88. The minimum absolute atomic E-state index is 0.151. The molecule has 2 aromatic rings. The fourth-order valence-corrected chi connectivity index (χ4v) is 3.88. The van der Waals surface area contributed by atoms with Gasteiger partial charge in [0.2, 0.25) is 11.1 Å². The molecule has 0 aliphatic rings. The molecule has 0 heterocycles. The van der Waals surface area contributed by atoms with Gasteiger partial charge in [-0.25, -0.2) is 0 Å². The normalized spacial score (nSPS) is 13.5. The molecule has 0 saturated heterocycles. The first kappa shape index (κ1) is 36.1. The number of benzene rings is 2. The zero-order valence-corrected chi connectivity index (χ0v) is 25.1. The molecule has 0 aliphatic carbocycles. The zero-order chi connectivity index (χ0) is 31.0. The number of methoxy groups -OCH3 is 1. The molecule has 0 spiro atoms. The van der Waals surface area contributed by atoms with E-state index in [1.165, 1.54) is 32.1 Å². The van der Waals surface area contributed by atoms with Crippen molar-refractivity contribution >= 4 is 19.2 Å². The van der Waals surface area contributed by atoms with Crippen LogP contribution in [0.1, 0.15) is 72.1 Å². The van der Waals surface area contributed by atoms with Crippen molar-refractivity contribution in [1.82, 2.24) is 0 Å². The summed E-state index contributed by atoms with van der Waals surface area (Å²) in [7, 11) is -9.00. The third-order valence-corrected chi connectivity index (χ3v) is 5.97. The SMILES string of the molecule is CCCCCCOc1cc(N(CCCCCC)C(C)COc2ccc(OC)cc2)ccc1[N+]#N.F[P-](F)(F)(F)(F)F. The van der Waals surface area contributed by atoms with E-state index in [1.54, 1.807) is 7.11 Å². The van der Waals surface area contributed by atoms with Gasteiger partial charge in [0.25, 0.3) is 0 Å². The quantitative estimate of drug-likeness (QED) is 0.0769. The van der Waals surface area contributed by atoms with Crippen LogP contribution in [-0.4, -0.2) is 32.9 Å². The van der Waals surface area contributed by atoms with E-state index in [2.05, 4.69) is 30.6 Å².